The number of furan rings is 1. The van der Waals surface area contributed by atoms with E-state index in [2.05, 4.69) is 0 Å². The van der Waals surface area contributed by atoms with Gasteiger partial charge in [-0.05, 0) is 30.7 Å². The molecule has 26 heavy (non-hydrogen) atoms. The van der Waals surface area contributed by atoms with Crippen molar-refractivity contribution < 1.29 is 23.8 Å². The van der Waals surface area contributed by atoms with Crippen LogP contribution in [0.1, 0.15) is 31.1 Å². The van der Waals surface area contributed by atoms with E-state index in [-0.39, 0.29) is 11.9 Å². The Balaban J connectivity index is 1.46. The molecule has 0 bridgehead atoms. The number of benzene rings is 1. The van der Waals surface area contributed by atoms with Crippen LogP contribution in [0.3, 0.4) is 0 Å². The molecule has 1 aliphatic rings. The quantitative estimate of drug-likeness (QED) is 0.734. The summed E-state index contributed by atoms with van der Waals surface area (Å²) in [5, 5.41) is 10.3. The second-order valence-corrected chi connectivity index (χ2v) is 6.35. The molecule has 1 amide bonds. The smallest absolute Gasteiger partial charge is 0.223 e. The second kappa shape index (κ2) is 9.40. The van der Waals surface area contributed by atoms with Crippen LogP contribution in [0.2, 0.25) is 0 Å². The number of carbonyl (C=O) groups is 1. The zero-order valence-electron chi connectivity index (χ0n) is 14.8. The summed E-state index contributed by atoms with van der Waals surface area (Å²) in [5.74, 6) is 1.40. The first-order chi connectivity index (χ1) is 12.7. The predicted molar refractivity (Wildman–Crippen MR) is 95.8 cm³/mol. The van der Waals surface area contributed by atoms with Gasteiger partial charge in [0.15, 0.2) is 0 Å². The minimum Gasteiger partial charge on any atom is -0.494 e. The summed E-state index contributed by atoms with van der Waals surface area (Å²) >= 11 is 0. The third kappa shape index (κ3) is 5.09. The molecule has 0 unspecified atom stereocenters. The number of carbonyl (C=O) groups excluding carboxylic acids is 1. The highest BCUT2D eigenvalue weighted by atomic mass is 16.5. The normalized spacial score (nSPS) is 18.5. The Labute approximate surface area is 153 Å². The van der Waals surface area contributed by atoms with Crippen LogP contribution < -0.4 is 4.74 Å². The fourth-order valence-corrected chi connectivity index (χ4v) is 3.11. The zero-order chi connectivity index (χ0) is 18.2. The molecule has 140 valence electrons. The maximum Gasteiger partial charge on any atom is 0.223 e. The van der Waals surface area contributed by atoms with Crippen molar-refractivity contribution in [2.75, 3.05) is 26.4 Å². The number of aliphatic hydroxyl groups is 1. The summed E-state index contributed by atoms with van der Waals surface area (Å²) in [4.78, 5) is 14.4. The lowest BCUT2D eigenvalue weighted by atomic mass is 10.0. The molecule has 1 aromatic heterocycles. The fourth-order valence-electron chi connectivity index (χ4n) is 3.11. The van der Waals surface area contributed by atoms with Gasteiger partial charge in [0.2, 0.25) is 5.91 Å². The number of hydrogen-bond donors (Lipinski definition) is 1. The van der Waals surface area contributed by atoms with Crippen molar-refractivity contribution in [1.29, 1.82) is 0 Å². The van der Waals surface area contributed by atoms with E-state index < -0.39 is 6.10 Å². The molecule has 0 saturated carbocycles. The molecule has 0 aliphatic carbocycles. The Morgan fingerprint density at radius 2 is 2.12 bits per heavy atom. The van der Waals surface area contributed by atoms with E-state index in [1.54, 1.807) is 12.1 Å². The molecule has 6 nitrogen and oxygen atoms in total. The Morgan fingerprint density at radius 3 is 2.88 bits per heavy atom. The van der Waals surface area contributed by atoms with Gasteiger partial charge in [-0.25, -0.2) is 0 Å². The Morgan fingerprint density at radius 1 is 1.27 bits per heavy atom. The predicted octanol–water partition coefficient (Wildman–Crippen LogP) is 2.79. The number of hydrogen-bond acceptors (Lipinski definition) is 5. The number of morpholine rings is 1. The molecule has 0 spiro atoms. The number of para-hydroxylation sites is 1. The molecule has 6 heteroatoms. The standard InChI is InChI=1S/C20H25NO5/c22-18(19-8-4-12-26-19)14-16-15-24-13-10-21(16)20(23)9-5-11-25-17-6-2-1-3-7-17/h1-4,6-8,12,16,18,22H,5,9-11,13-15H2/t16-,18-/m1/s1. The SMILES string of the molecule is O=C(CCCOc1ccccc1)N1CCOC[C@H]1C[C@@H](O)c1ccco1. The van der Waals surface area contributed by atoms with Crippen LogP contribution in [0.25, 0.3) is 0 Å². The van der Waals surface area contributed by atoms with Gasteiger partial charge in [0.05, 0.1) is 32.1 Å². The molecule has 0 radical (unpaired) electrons. The monoisotopic (exact) mass is 359 g/mol. The number of nitrogens with zero attached hydrogens (tertiary/aromatic N) is 1. The molecule has 1 fully saturated rings. The molecule has 2 heterocycles. The first-order valence-corrected chi connectivity index (χ1v) is 9.00. The average molecular weight is 359 g/mol. The highest BCUT2D eigenvalue weighted by Crippen LogP contribution is 2.23. The van der Waals surface area contributed by atoms with E-state index >= 15 is 0 Å². The van der Waals surface area contributed by atoms with Crippen molar-refractivity contribution in [1.82, 2.24) is 4.90 Å². The molecule has 3 rings (SSSR count). The van der Waals surface area contributed by atoms with Crippen molar-refractivity contribution in [2.24, 2.45) is 0 Å². The van der Waals surface area contributed by atoms with Crippen molar-refractivity contribution in [3.8, 4) is 5.75 Å². The minimum absolute atomic E-state index is 0.0709. The van der Waals surface area contributed by atoms with Crippen LogP contribution in [0.5, 0.6) is 5.75 Å². The first kappa shape index (κ1) is 18.5. The van der Waals surface area contributed by atoms with Crippen LogP contribution in [-0.2, 0) is 9.53 Å². The number of aliphatic hydroxyl groups excluding tert-OH is 1. The van der Waals surface area contributed by atoms with Crippen LogP contribution in [0.4, 0.5) is 0 Å². The van der Waals surface area contributed by atoms with Crippen molar-refractivity contribution in [3.05, 3.63) is 54.5 Å². The molecule has 2 atom stereocenters. The number of amides is 1. The molecule has 1 saturated heterocycles. The molecule has 1 aliphatic heterocycles. The summed E-state index contributed by atoms with van der Waals surface area (Å²) in [7, 11) is 0. The largest absolute Gasteiger partial charge is 0.494 e. The third-order valence-corrected chi connectivity index (χ3v) is 4.46. The van der Waals surface area contributed by atoms with E-state index in [0.29, 0.717) is 51.4 Å². The van der Waals surface area contributed by atoms with E-state index in [0.717, 1.165) is 5.75 Å². The Kier molecular flexibility index (Phi) is 6.68. The van der Waals surface area contributed by atoms with Gasteiger partial charge >= 0.3 is 0 Å². The van der Waals surface area contributed by atoms with Crippen LogP contribution in [-0.4, -0.2) is 48.3 Å². The molecular weight excluding hydrogens is 334 g/mol. The highest BCUT2D eigenvalue weighted by Gasteiger charge is 2.29. The van der Waals surface area contributed by atoms with Crippen molar-refractivity contribution in [2.45, 2.75) is 31.4 Å². The number of ether oxygens (including phenoxy) is 2. The summed E-state index contributed by atoms with van der Waals surface area (Å²) in [6, 6.07) is 12.9. The molecule has 1 aromatic carbocycles. The Bertz CT molecular complexity index is 658. The summed E-state index contributed by atoms with van der Waals surface area (Å²) in [5.41, 5.74) is 0. The van der Waals surface area contributed by atoms with Gasteiger partial charge < -0.3 is 23.9 Å². The van der Waals surface area contributed by atoms with E-state index in [1.807, 2.05) is 35.2 Å². The topological polar surface area (TPSA) is 72.1 Å². The third-order valence-electron chi connectivity index (χ3n) is 4.46. The molecular formula is C20H25NO5. The van der Waals surface area contributed by atoms with Gasteiger partial charge in [0, 0.05) is 19.4 Å². The van der Waals surface area contributed by atoms with Crippen LogP contribution in [0.15, 0.2) is 53.1 Å². The fraction of sp³-hybridized carbons (Fsp3) is 0.450. The van der Waals surface area contributed by atoms with Gasteiger partial charge in [-0.3, -0.25) is 4.79 Å². The van der Waals surface area contributed by atoms with E-state index in [1.165, 1.54) is 6.26 Å². The molecule has 2 aromatic rings. The van der Waals surface area contributed by atoms with Crippen LogP contribution >= 0.6 is 0 Å². The van der Waals surface area contributed by atoms with Gasteiger partial charge in [0.25, 0.3) is 0 Å². The number of rotatable bonds is 8. The van der Waals surface area contributed by atoms with Gasteiger partial charge in [-0.1, -0.05) is 18.2 Å². The van der Waals surface area contributed by atoms with Crippen molar-refractivity contribution >= 4 is 5.91 Å². The average Bonchev–Trinajstić information content (AvgIpc) is 3.21. The van der Waals surface area contributed by atoms with E-state index in [9.17, 15) is 9.90 Å². The lowest BCUT2D eigenvalue weighted by Crippen LogP contribution is -2.49. The lowest BCUT2D eigenvalue weighted by molar-refractivity contribution is -0.141. The highest BCUT2D eigenvalue weighted by molar-refractivity contribution is 5.76. The summed E-state index contributed by atoms with van der Waals surface area (Å²) in [6.45, 7) is 2.01. The first-order valence-electron chi connectivity index (χ1n) is 9.00. The second-order valence-electron chi connectivity index (χ2n) is 6.35. The molecule has 1 N–H and O–H groups in total. The van der Waals surface area contributed by atoms with Gasteiger partial charge in [-0.2, -0.15) is 0 Å². The maximum atomic E-state index is 12.6. The minimum atomic E-state index is -0.742. The Hall–Kier alpha value is -2.31. The van der Waals surface area contributed by atoms with Crippen molar-refractivity contribution in [3.63, 3.8) is 0 Å². The lowest BCUT2D eigenvalue weighted by Gasteiger charge is -2.36. The van der Waals surface area contributed by atoms with E-state index in [4.69, 9.17) is 13.9 Å². The van der Waals surface area contributed by atoms with Gasteiger partial charge in [-0.15, -0.1) is 0 Å². The van der Waals surface area contributed by atoms with Gasteiger partial charge in [0.1, 0.15) is 17.6 Å². The maximum absolute atomic E-state index is 12.6. The zero-order valence-corrected chi connectivity index (χ0v) is 14.8. The summed E-state index contributed by atoms with van der Waals surface area (Å²) in [6.07, 6.45) is 2.26. The summed E-state index contributed by atoms with van der Waals surface area (Å²) < 4.78 is 16.4. The van der Waals surface area contributed by atoms with Crippen LogP contribution in [0, 0.1) is 0 Å².